The maximum absolute atomic E-state index is 13.1. The second-order valence-corrected chi connectivity index (χ2v) is 28.0. The first-order valence-corrected chi connectivity index (χ1v) is 38.9. The third kappa shape index (κ3) is 71.0. The van der Waals surface area contributed by atoms with Crippen LogP contribution in [-0.4, -0.2) is 68.5 Å². The molecule has 0 bridgehead atoms. The molecule has 0 saturated carbocycles. The van der Waals surface area contributed by atoms with Crippen LogP contribution in [0.1, 0.15) is 354 Å². The first kappa shape index (κ1) is 84.7. The third-order valence-electron chi connectivity index (χ3n) is 16.9. The second kappa shape index (κ2) is 68.1. The summed E-state index contributed by atoms with van der Waals surface area (Å²) in [6, 6.07) is -0.806. The molecule has 3 atom stereocenters. The van der Waals surface area contributed by atoms with Gasteiger partial charge in [0.15, 0.2) is 0 Å². The number of unbranched alkanes of at least 4 members (excludes halogenated alkanes) is 42. The number of hydrogen-bond donors (Lipinski definition) is 2. The monoisotopic (exact) mass is 1240 g/mol. The van der Waals surface area contributed by atoms with E-state index >= 15 is 0 Å². The number of amides is 1. The molecule has 0 rings (SSSR count). The number of carbonyl (C=O) groups is 1. The van der Waals surface area contributed by atoms with E-state index < -0.39 is 20.0 Å². The number of quaternary nitrogens is 1. The SMILES string of the molecule is CC/C=C\C/C=C\C/C=C\C/C=C\C/C=C\C/C=C\C/C=C\CCCCCCCCCCCCCCCCCC(=O)NC(COP(=O)([O-])OCC[N+](C)(C)C)C(O)CCCCCCCCCCCCCCCCCCCCCCCCCCCCCC. The fraction of sp³-hybridized carbons (Fsp3) is 0.808. The number of aliphatic hydroxyl groups is 1. The van der Waals surface area contributed by atoms with Gasteiger partial charge in [0, 0.05) is 6.42 Å². The van der Waals surface area contributed by atoms with Crippen molar-refractivity contribution in [3.8, 4) is 0 Å². The molecule has 8 nitrogen and oxygen atoms in total. The molecule has 0 radical (unpaired) electrons. The Morgan fingerprint density at radius 2 is 0.701 bits per heavy atom. The third-order valence-corrected chi connectivity index (χ3v) is 17.9. The summed E-state index contributed by atoms with van der Waals surface area (Å²) in [5.74, 6) is -0.162. The predicted octanol–water partition coefficient (Wildman–Crippen LogP) is 23.6. The number of likely N-dealkylation sites (N-methyl/N-ethyl adjacent to an activating group) is 1. The molecular weight excluding hydrogens is 1090 g/mol. The minimum atomic E-state index is -4.59. The number of phosphoric ester groups is 1. The van der Waals surface area contributed by atoms with E-state index in [1.54, 1.807) is 0 Å². The van der Waals surface area contributed by atoms with Gasteiger partial charge in [-0.3, -0.25) is 9.36 Å². The van der Waals surface area contributed by atoms with Gasteiger partial charge in [0.2, 0.25) is 5.91 Å². The Bertz CT molecular complexity index is 1700. The molecule has 0 aliphatic rings. The summed E-state index contributed by atoms with van der Waals surface area (Å²) < 4.78 is 23.6. The largest absolute Gasteiger partial charge is 0.756 e. The van der Waals surface area contributed by atoms with Crippen molar-refractivity contribution in [2.24, 2.45) is 0 Å². The Morgan fingerprint density at radius 1 is 0.414 bits per heavy atom. The van der Waals surface area contributed by atoms with Crippen molar-refractivity contribution in [2.75, 3.05) is 40.9 Å². The van der Waals surface area contributed by atoms with Gasteiger partial charge in [-0.25, -0.2) is 0 Å². The Kier molecular flexibility index (Phi) is 66.2. The van der Waals surface area contributed by atoms with Crippen molar-refractivity contribution in [3.05, 3.63) is 85.1 Å². The molecule has 0 aliphatic heterocycles. The van der Waals surface area contributed by atoms with Crippen molar-refractivity contribution in [1.29, 1.82) is 0 Å². The molecule has 1 amide bonds. The number of nitrogens with one attached hydrogen (secondary N) is 1. The molecule has 0 heterocycles. The number of aliphatic hydroxyl groups excluding tert-OH is 1. The fourth-order valence-corrected chi connectivity index (χ4v) is 11.9. The number of hydrogen-bond acceptors (Lipinski definition) is 6. The van der Waals surface area contributed by atoms with Gasteiger partial charge < -0.3 is 28.8 Å². The predicted molar refractivity (Wildman–Crippen MR) is 380 cm³/mol. The van der Waals surface area contributed by atoms with Gasteiger partial charge in [-0.15, -0.1) is 0 Å². The van der Waals surface area contributed by atoms with Crippen molar-refractivity contribution in [2.45, 2.75) is 366 Å². The molecule has 9 heteroatoms. The van der Waals surface area contributed by atoms with Crippen LogP contribution in [0.5, 0.6) is 0 Å². The van der Waals surface area contributed by atoms with E-state index in [9.17, 15) is 19.4 Å². The highest BCUT2D eigenvalue weighted by molar-refractivity contribution is 7.45. The van der Waals surface area contributed by atoms with E-state index in [4.69, 9.17) is 9.05 Å². The Balaban J connectivity index is 4.00. The molecule has 0 saturated heterocycles. The van der Waals surface area contributed by atoms with Crippen LogP contribution in [0.25, 0.3) is 0 Å². The lowest BCUT2D eigenvalue weighted by molar-refractivity contribution is -0.870. The van der Waals surface area contributed by atoms with Crippen LogP contribution in [0.3, 0.4) is 0 Å². The molecule has 0 aromatic rings. The standard InChI is InChI=1S/C78H145N2O6P/c1-6-8-10-12-14-16-18-20-22-24-26-28-30-32-34-36-37-38-39-40-41-42-43-44-46-48-50-52-54-56-58-60-62-64-66-68-70-72-78(82)79-76(75-86-87(83,84)85-74-73-80(3,4)5)77(81)71-69-67-65-63-61-59-57-55-53-51-49-47-45-35-33-31-29-27-25-23-21-19-17-15-13-11-9-7-2/h8,10,14,16,20,22,26,28,32,34,37-38,40-41,76-77,81H,6-7,9,11-13,15,17-19,21,23-25,27,29-31,33,35-36,39,42-75H2,1-5H3,(H-,79,82,83,84)/b10-8-,16-14-,22-20-,28-26-,34-32-,38-37-,41-40-. The molecule has 508 valence electrons. The average molecular weight is 1240 g/mol. The summed E-state index contributed by atoms with van der Waals surface area (Å²) in [4.78, 5) is 25.7. The summed E-state index contributed by atoms with van der Waals surface area (Å²) in [5, 5.41) is 14.1. The van der Waals surface area contributed by atoms with Crippen LogP contribution < -0.4 is 10.2 Å². The van der Waals surface area contributed by atoms with E-state index in [0.29, 0.717) is 23.9 Å². The van der Waals surface area contributed by atoms with Gasteiger partial charge >= 0.3 is 0 Å². The molecule has 3 unspecified atom stereocenters. The number of carbonyl (C=O) groups excluding carboxylic acids is 1. The van der Waals surface area contributed by atoms with Crippen LogP contribution >= 0.6 is 7.82 Å². The topological polar surface area (TPSA) is 108 Å². The molecule has 0 spiro atoms. The highest BCUT2D eigenvalue weighted by Gasteiger charge is 2.24. The van der Waals surface area contributed by atoms with Gasteiger partial charge in [-0.1, -0.05) is 362 Å². The molecule has 0 fully saturated rings. The first-order valence-electron chi connectivity index (χ1n) is 37.4. The maximum atomic E-state index is 13.1. The Hall–Kier alpha value is -2.32. The van der Waals surface area contributed by atoms with Crippen LogP contribution in [0.15, 0.2) is 85.1 Å². The van der Waals surface area contributed by atoms with E-state index in [1.165, 1.54) is 244 Å². The van der Waals surface area contributed by atoms with Crippen molar-refractivity contribution in [3.63, 3.8) is 0 Å². The van der Waals surface area contributed by atoms with Crippen molar-refractivity contribution in [1.82, 2.24) is 5.32 Å². The first-order chi connectivity index (χ1) is 42.5. The maximum Gasteiger partial charge on any atom is 0.268 e. The van der Waals surface area contributed by atoms with Crippen LogP contribution in [-0.2, 0) is 18.4 Å². The summed E-state index contributed by atoms with van der Waals surface area (Å²) in [5.41, 5.74) is 0. The summed E-state index contributed by atoms with van der Waals surface area (Å²) in [6.45, 7) is 4.65. The van der Waals surface area contributed by atoms with Crippen LogP contribution in [0.2, 0.25) is 0 Å². The van der Waals surface area contributed by atoms with Crippen LogP contribution in [0.4, 0.5) is 0 Å². The van der Waals surface area contributed by atoms with Gasteiger partial charge in [0.05, 0.1) is 39.9 Å². The summed E-state index contributed by atoms with van der Waals surface area (Å²) in [7, 11) is 1.31. The Morgan fingerprint density at radius 3 is 1.02 bits per heavy atom. The minimum Gasteiger partial charge on any atom is -0.756 e. The number of rotatable bonds is 69. The quantitative estimate of drug-likeness (QED) is 0.0272. The highest BCUT2D eigenvalue weighted by Crippen LogP contribution is 2.38. The lowest BCUT2D eigenvalue weighted by Crippen LogP contribution is -2.46. The number of nitrogens with zero attached hydrogens (tertiary/aromatic N) is 1. The minimum absolute atomic E-state index is 0.0110. The van der Waals surface area contributed by atoms with Gasteiger partial charge in [-0.05, 0) is 70.6 Å². The van der Waals surface area contributed by atoms with Gasteiger partial charge in [0.25, 0.3) is 7.82 Å². The van der Waals surface area contributed by atoms with Crippen molar-refractivity contribution >= 4 is 13.7 Å². The average Bonchev–Trinajstić information content (AvgIpc) is 3.70. The zero-order valence-electron chi connectivity index (χ0n) is 58.2. The lowest BCUT2D eigenvalue weighted by Gasteiger charge is -2.30. The summed E-state index contributed by atoms with van der Waals surface area (Å²) in [6.07, 6.45) is 96.7. The fourth-order valence-electron chi connectivity index (χ4n) is 11.1. The van der Waals surface area contributed by atoms with Crippen molar-refractivity contribution < 1.29 is 32.9 Å². The van der Waals surface area contributed by atoms with Gasteiger partial charge in [-0.2, -0.15) is 0 Å². The molecule has 0 aliphatic carbocycles. The normalized spacial score (nSPS) is 14.1. The summed E-state index contributed by atoms with van der Waals surface area (Å²) >= 11 is 0. The Labute approximate surface area is 541 Å². The number of phosphoric acid groups is 1. The molecule has 2 N–H and O–H groups in total. The lowest BCUT2D eigenvalue weighted by atomic mass is 10.0. The molecular formula is C78H145N2O6P. The highest BCUT2D eigenvalue weighted by atomic mass is 31.2. The zero-order valence-corrected chi connectivity index (χ0v) is 59.1. The van der Waals surface area contributed by atoms with Crippen LogP contribution in [0, 0.1) is 0 Å². The van der Waals surface area contributed by atoms with E-state index in [2.05, 4.69) is 104 Å². The number of allylic oxidation sites excluding steroid dienone is 14. The van der Waals surface area contributed by atoms with E-state index in [-0.39, 0.29) is 19.1 Å². The van der Waals surface area contributed by atoms with E-state index in [1.807, 2.05) is 21.1 Å². The van der Waals surface area contributed by atoms with E-state index in [0.717, 1.165) is 83.5 Å². The zero-order chi connectivity index (χ0) is 63.4. The molecule has 0 aromatic carbocycles. The smallest absolute Gasteiger partial charge is 0.268 e. The molecule has 0 aromatic heterocycles. The molecule has 87 heavy (non-hydrogen) atoms. The van der Waals surface area contributed by atoms with Gasteiger partial charge in [0.1, 0.15) is 13.2 Å². The second-order valence-electron chi connectivity index (χ2n) is 26.6.